The van der Waals surface area contributed by atoms with Crippen LogP contribution in [0.3, 0.4) is 0 Å². The van der Waals surface area contributed by atoms with E-state index in [4.69, 9.17) is 11.6 Å². The van der Waals surface area contributed by atoms with Crippen molar-refractivity contribution in [3.8, 4) is 11.1 Å². The zero-order valence-corrected chi connectivity index (χ0v) is 17.7. The smallest absolute Gasteiger partial charge is 0.328 e. The maximum Gasteiger partial charge on any atom is 0.328 e. The Morgan fingerprint density at radius 1 is 1.07 bits per heavy atom. The molecule has 0 aliphatic heterocycles. The van der Waals surface area contributed by atoms with Crippen LogP contribution in [0.4, 0.5) is 0 Å². The number of carboxylic acids is 1. The van der Waals surface area contributed by atoms with Crippen LogP contribution in [0.2, 0.25) is 0 Å². The van der Waals surface area contributed by atoms with Gasteiger partial charge in [0, 0.05) is 17.4 Å². The second-order valence-electron chi connectivity index (χ2n) is 7.99. The lowest BCUT2D eigenvalue weighted by atomic mass is 9.80. The molecule has 29 heavy (non-hydrogen) atoms. The Hall–Kier alpha value is -2.35. The molecule has 0 fully saturated rings. The Bertz CT molecular complexity index is 842. The molecule has 0 aromatic heterocycles. The van der Waals surface area contributed by atoms with Crippen molar-refractivity contribution in [1.82, 2.24) is 5.01 Å². The molecule has 1 amide bonds. The molecule has 0 saturated heterocycles. The van der Waals surface area contributed by atoms with Gasteiger partial charge in [-0.3, -0.25) is 9.80 Å². The zero-order valence-electron chi connectivity index (χ0n) is 16.8. The summed E-state index contributed by atoms with van der Waals surface area (Å²) in [6.45, 7) is 3.84. The Morgan fingerprint density at radius 3 is 2.24 bits per heavy atom. The normalized spacial score (nSPS) is 13.6. The second-order valence-corrected chi connectivity index (χ2v) is 8.36. The highest BCUT2D eigenvalue weighted by Crippen LogP contribution is 2.31. The van der Waals surface area contributed by atoms with E-state index in [-0.39, 0.29) is 12.5 Å². The van der Waals surface area contributed by atoms with Gasteiger partial charge in [-0.25, -0.2) is 10.6 Å². The Kier molecular flexibility index (Phi) is 7.84. The van der Waals surface area contributed by atoms with Crippen molar-refractivity contribution in [2.75, 3.05) is 5.75 Å². The van der Waals surface area contributed by atoms with Crippen LogP contribution in [0, 0.1) is 5.41 Å². The molecule has 0 unspecified atom stereocenters. The van der Waals surface area contributed by atoms with Crippen molar-refractivity contribution < 1.29 is 14.7 Å². The molecule has 0 spiro atoms. The molecule has 2 aromatic rings. The van der Waals surface area contributed by atoms with Crippen molar-refractivity contribution in [2.24, 2.45) is 17.0 Å². The summed E-state index contributed by atoms with van der Waals surface area (Å²) < 4.78 is 0. The van der Waals surface area contributed by atoms with Crippen molar-refractivity contribution in [3.05, 3.63) is 60.2 Å². The molecular formula is C22H29N3O3S. The highest BCUT2D eigenvalue weighted by molar-refractivity contribution is 7.80. The van der Waals surface area contributed by atoms with Gasteiger partial charge in [-0.1, -0.05) is 62.4 Å². The topological polar surface area (TPSA) is 110 Å². The maximum atomic E-state index is 13.1. The number of carboxylic acid groups (broad SMARTS) is 1. The molecular weight excluding hydrogens is 386 g/mol. The molecule has 0 heterocycles. The summed E-state index contributed by atoms with van der Waals surface area (Å²) in [7, 11) is 0. The molecule has 0 radical (unpaired) electrons. The van der Waals surface area contributed by atoms with Gasteiger partial charge < -0.3 is 10.8 Å². The number of benzene rings is 2. The van der Waals surface area contributed by atoms with Crippen LogP contribution < -0.4 is 11.6 Å². The first-order valence-electron chi connectivity index (χ1n) is 9.48. The lowest BCUT2D eigenvalue weighted by Crippen LogP contribution is -2.51. The third-order valence-corrected chi connectivity index (χ3v) is 5.36. The number of nitrogens with two attached hydrogens (primary N) is 2. The van der Waals surface area contributed by atoms with E-state index in [9.17, 15) is 14.7 Å². The molecule has 0 bridgehead atoms. The molecule has 0 saturated carbocycles. The van der Waals surface area contributed by atoms with Crippen LogP contribution in [0.5, 0.6) is 0 Å². The Morgan fingerprint density at radius 2 is 1.66 bits per heavy atom. The summed E-state index contributed by atoms with van der Waals surface area (Å²) in [5.41, 5.74) is 7.48. The minimum absolute atomic E-state index is 0.163. The fraction of sp³-hybridized carbons (Fsp3) is 0.364. The first kappa shape index (κ1) is 22.9. The van der Waals surface area contributed by atoms with Crippen molar-refractivity contribution in [1.29, 1.82) is 0 Å². The number of aliphatic carboxylic acids is 1. The molecule has 5 N–H and O–H groups in total. The van der Waals surface area contributed by atoms with Gasteiger partial charge in [-0.2, -0.15) is 12.6 Å². The van der Waals surface area contributed by atoms with Gasteiger partial charge in [0.25, 0.3) is 5.91 Å². The van der Waals surface area contributed by atoms with Crippen LogP contribution >= 0.6 is 12.6 Å². The van der Waals surface area contributed by atoms with Crippen LogP contribution in [-0.4, -0.2) is 39.8 Å². The van der Waals surface area contributed by atoms with Gasteiger partial charge in [-0.15, -0.1) is 0 Å². The number of carbonyl (C=O) groups excluding carboxylic acids is 1. The van der Waals surface area contributed by atoms with Crippen molar-refractivity contribution in [3.63, 3.8) is 0 Å². The molecule has 6 nitrogen and oxygen atoms in total. The number of rotatable bonds is 9. The third-order valence-electron chi connectivity index (χ3n) is 4.89. The average Bonchev–Trinajstić information content (AvgIpc) is 2.71. The molecule has 2 atom stereocenters. The molecule has 156 valence electrons. The number of hydrazine groups is 1. The SMILES string of the molecule is CC(C)(C[C@@H](N)CS)C[C@@H](C(=O)O)N(N)C(=O)c1ccccc1-c1ccccc1. The van der Waals surface area contributed by atoms with E-state index < -0.39 is 23.3 Å². The van der Waals surface area contributed by atoms with Gasteiger partial charge in [0.15, 0.2) is 0 Å². The molecule has 2 rings (SSSR count). The highest BCUT2D eigenvalue weighted by atomic mass is 32.1. The first-order valence-corrected chi connectivity index (χ1v) is 10.1. The molecule has 0 aliphatic rings. The average molecular weight is 416 g/mol. The number of amides is 1. The lowest BCUT2D eigenvalue weighted by Gasteiger charge is -2.33. The van der Waals surface area contributed by atoms with E-state index in [2.05, 4.69) is 12.6 Å². The summed E-state index contributed by atoms with van der Waals surface area (Å²) in [6.07, 6.45) is 0.752. The van der Waals surface area contributed by atoms with E-state index in [1.807, 2.05) is 56.3 Å². The molecule has 0 aliphatic carbocycles. The standard InChI is InChI=1S/C22H29N3O3S/c1-22(2,12-16(23)14-29)13-19(21(27)28)25(24)20(26)18-11-7-6-10-17(18)15-8-4-3-5-9-15/h3-11,16,19,29H,12-14,23-24H2,1-2H3,(H,27,28)/t16-,19+/m1/s1. The fourth-order valence-electron chi connectivity index (χ4n) is 3.51. The minimum atomic E-state index is -1.17. The quantitative estimate of drug-likeness (QED) is 0.218. The lowest BCUT2D eigenvalue weighted by molar-refractivity contribution is -0.143. The van der Waals surface area contributed by atoms with Gasteiger partial charge in [0.05, 0.1) is 0 Å². The van der Waals surface area contributed by atoms with E-state index in [0.717, 1.165) is 10.6 Å². The molecule has 2 aromatic carbocycles. The van der Waals surface area contributed by atoms with Gasteiger partial charge in [0.1, 0.15) is 6.04 Å². The summed E-state index contributed by atoms with van der Waals surface area (Å²) >= 11 is 4.20. The third kappa shape index (κ3) is 6.06. The van der Waals surface area contributed by atoms with Gasteiger partial charge in [0.2, 0.25) is 0 Å². The highest BCUT2D eigenvalue weighted by Gasteiger charge is 2.35. The summed E-state index contributed by atoms with van der Waals surface area (Å²) in [4.78, 5) is 25.1. The van der Waals surface area contributed by atoms with Crippen LogP contribution in [0.1, 0.15) is 37.0 Å². The van der Waals surface area contributed by atoms with Crippen LogP contribution in [0.15, 0.2) is 54.6 Å². The second kappa shape index (κ2) is 9.91. The van der Waals surface area contributed by atoms with Crippen LogP contribution in [-0.2, 0) is 4.79 Å². The Labute approximate surface area is 177 Å². The van der Waals surface area contributed by atoms with E-state index >= 15 is 0 Å². The zero-order chi connectivity index (χ0) is 21.6. The van der Waals surface area contributed by atoms with E-state index in [1.165, 1.54) is 0 Å². The fourth-order valence-corrected chi connectivity index (χ4v) is 3.63. The number of carbonyl (C=O) groups is 2. The minimum Gasteiger partial charge on any atom is -0.480 e. The molecule has 7 heteroatoms. The largest absolute Gasteiger partial charge is 0.480 e. The van der Waals surface area contributed by atoms with Crippen LogP contribution in [0.25, 0.3) is 11.1 Å². The summed E-state index contributed by atoms with van der Waals surface area (Å²) in [6, 6.07) is 15.1. The summed E-state index contributed by atoms with van der Waals surface area (Å²) in [5, 5.41) is 10.6. The first-order chi connectivity index (χ1) is 13.7. The predicted molar refractivity (Wildman–Crippen MR) is 119 cm³/mol. The monoisotopic (exact) mass is 415 g/mol. The van der Waals surface area contributed by atoms with Gasteiger partial charge >= 0.3 is 5.97 Å². The Balaban J connectivity index is 2.31. The number of hydrogen-bond donors (Lipinski definition) is 4. The number of thiol groups is 1. The number of nitrogens with zero attached hydrogens (tertiary/aromatic N) is 1. The van der Waals surface area contributed by atoms with Gasteiger partial charge in [-0.05, 0) is 35.4 Å². The maximum absolute atomic E-state index is 13.1. The number of hydrogen-bond acceptors (Lipinski definition) is 5. The van der Waals surface area contributed by atoms with Crippen molar-refractivity contribution in [2.45, 2.75) is 38.8 Å². The summed E-state index contributed by atoms with van der Waals surface area (Å²) in [5.74, 6) is 4.88. The van der Waals surface area contributed by atoms with E-state index in [1.54, 1.807) is 12.1 Å². The van der Waals surface area contributed by atoms with Crippen molar-refractivity contribution >= 4 is 24.5 Å². The van der Waals surface area contributed by atoms with E-state index in [0.29, 0.717) is 23.3 Å². The predicted octanol–water partition coefficient (Wildman–Crippen LogP) is 3.19.